The minimum atomic E-state index is -0.618. The highest BCUT2D eigenvalue weighted by molar-refractivity contribution is 5.96. The second kappa shape index (κ2) is 4.53. The quantitative estimate of drug-likeness (QED) is 0.667. The van der Waals surface area contributed by atoms with Crippen LogP contribution in [0, 0.1) is 5.41 Å². The van der Waals surface area contributed by atoms with E-state index in [1.54, 1.807) is 18.2 Å². The number of phenolic OH excluding ortho intramolecular Hbond substituents is 1. The van der Waals surface area contributed by atoms with E-state index in [1.165, 1.54) is 6.07 Å². The van der Waals surface area contributed by atoms with Gasteiger partial charge in [0.05, 0.1) is 11.7 Å². The highest BCUT2D eigenvalue weighted by atomic mass is 16.3. The molecular formula is C12H18N2O2. The molecule has 0 unspecified atom stereocenters. The highest BCUT2D eigenvalue weighted by Crippen LogP contribution is 2.23. The monoisotopic (exact) mass is 222 g/mol. The number of aromatic hydroxyl groups is 1. The fourth-order valence-electron chi connectivity index (χ4n) is 1.18. The molecule has 88 valence electrons. The molecule has 0 saturated carbocycles. The summed E-state index contributed by atoms with van der Waals surface area (Å²) in [5.41, 5.74) is 5.87. The van der Waals surface area contributed by atoms with E-state index in [9.17, 15) is 9.90 Å². The van der Waals surface area contributed by atoms with E-state index in [0.717, 1.165) is 0 Å². The Hall–Kier alpha value is -1.55. The smallest absolute Gasteiger partial charge is 0.241 e. The van der Waals surface area contributed by atoms with Crippen molar-refractivity contribution >= 4 is 11.6 Å². The molecule has 0 aliphatic carbocycles. The Balaban J connectivity index is 2.76. The number of carbonyl (C=O) groups is 1. The van der Waals surface area contributed by atoms with E-state index >= 15 is 0 Å². The van der Waals surface area contributed by atoms with Crippen LogP contribution in [0.15, 0.2) is 24.3 Å². The van der Waals surface area contributed by atoms with Crippen molar-refractivity contribution in [2.24, 2.45) is 11.1 Å². The van der Waals surface area contributed by atoms with E-state index in [4.69, 9.17) is 5.73 Å². The number of phenols is 1. The van der Waals surface area contributed by atoms with Gasteiger partial charge in [-0.25, -0.2) is 0 Å². The lowest BCUT2D eigenvalue weighted by atomic mass is 9.87. The van der Waals surface area contributed by atoms with E-state index in [1.807, 2.05) is 20.8 Å². The lowest BCUT2D eigenvalue weighted by molar-refractivity contribution is -0.119. The molecule has 0 radical (unpaired) electrons. The Morgan fingerprint density at radius 1 is 1.38 bits per heavy atom. The summed E-state index contributed by atoms with van der Waals surface area (Å²) in [6.45, 7) is 5.67. The van der Waals surface area contributed by atoms with Gasteiger partial charge in [-0.3, -0.25) is 4.79 Å². The second-order valence-electron chi connectivity index (χ2n) is 4.85. The first kappa shape index (κ1) is 12.5. The first-order valence-corrected chi connectivity index (χ1v) is 5.17. The van der Waals surface area contributed by atoms with Gasteiger partial charge >= 0.3 is 0 Å². The zero-order valence-electron chi connectivity index (χ0n) is 9.82. The molecule has 4 heteroatoms. The minimum absolute atomic E-state index is 0.0389. The van der Waals surface area contributed by atoms with E-state index < -0.39 is 6.04 Å². The van der Waals surface area contributed by atoms with Gasteiger partial charge in [0.2, 0.25) is 5.91 Å². The number of hydrogen-bond donors (Lipinski definition) is 3. The van der Waals surface area contributed by atoms with Crippen molar-refractivity contribution < 1.29 is 9.90 Å². The molecule has 1 amide bonds. The standard InChI is InChI=1S/C12H18N2O2/c1-12(2,3)10(13)11(16)14-8-6-4-5-7-9(8)15/h4-7,10,15H,13H2,1-3H3,(H,14,16)/t10-/m0/s1. The van der Waals surface area contributed by atoms with Crippen molar-refractivity contribution in [3.63, 3.8) is 0 Å². The van der Waals surface area contributed by atoms with Crippen LogP contribution in [-0.4, -0.2) is 17.1 Å². The molecule has 4 nitrogen and oxygen atoms in total. The molecule has 16 heavy (non-hydrogen) atoms. The van der Waals surface area contributed by atoms with Gasteiger partial charge < -0.3 is 16.2 Å². The van der Waals surface area contributed by atoms with Gasteiger partial charge in [-0.15, -0.1) is 0 Å². The number of rotatable bonds is 2. The van der Waals surface area contributed by atoms with Crippen LogP contribution in [0.25, 0.3) is 0 Å². The average Bonchev–Trinajstić information content (AvgIpc) is 2.19. The van der Waals surface area contributed by atoms with Crippen molar-refractivity contribution in [1.29, 1.82) is 0 Å². The Morgan fingerprint density at radius 3 is 2.44 bits per heavy atom. The summed E-state index contributed by atoms with van der Waals surface area (Å²) in [5.74, 6) is -0.258. The summed E-state index contributed by atoms with van der Waals surface area (Å²) in [4.78, 5) is 11.8. The van der Waals surface area contributed by atoms with Gasteiger partial charge in [-0.2, -0.15) is 0 Å². The van der Waals surface area contributed by atoms with E-state index in [-0.39, 0.29) is 17.1 Å². The first-order valence-electron chi connectivity index (χ1n) is 5.17. The van der Waals surface area contributed by atoms with Crippen molar-refractivity contribution in [2.75, 3.05) is 5.32 Å². The topological polar surface area (TPSA) is 75.4 Å². The molecule has 0 spiro atoms. The maximum atomic E-state index is 11.8. The molecule has 0 aliphatic rings. The average molecular weight is 222 g/mol. The summed E-state index contributed by atoms with van der Waals surface area (Å²) >= 11 is 0. The Morgan fingerprint density at radius 2 is 1.94 bits per heavy atom. The third-order valence-electron chi connectivity index (χ3n) is 2.38. The summed E-state index contributed by atoms with van der Waals surface area (Å²) < 4.78 is 0. The predicted molar refractivity (Wildman–Crippen MR) is 64.2 cm³/mol. The maximum absolute atomic E-state index is 11.8. The van der Waals surface area contributed by atoms with Crippen LogP contribution < -0.4 is 11.1 Å². The van der Waals surface area contributed by atoms with Gasteiger partial charge in [0.1, 0.15) is 5.75 Å². The van der Waals surface area contributed by atoms with Crippen LogP contribution >= 0.6 is 0 Å². The third kappa shape index (κ3) is 2.97. The molecule has 0 heterocycles. The molecule has 1 atom stereocenters. The number of amides is 1. The summed E-state index contributed by atoms with van der Waals surface area (Å²) in [5, 5.41) is 12.1. The lowest BCUT2D eigenvalue weighted by Gasteiger charge is -2.25. The molecule has 0 aromatic heterocycles. The van der Waals surface area contributed by atoms with Gasteiger partial charge in [0.15, 0.2) is 0 Å². The maximum Gasteiger partial charge on any atom is 0.241 e. The van der Waals surface area contributed by atoms with E-state index in [2.05, 4.69) is 5.32 Å². The number of nitrogens with two attached hydrogens (primary N) is 1. The number of nitrogens with one attached hydrogen (secondary N) is 1. The molecule has 0 fully saturated rings. The molecule has 0 saturated heterocycles. The highest BCUT2D eigenvalue weighted by Gasteiger charge is 2.27. The predicted octanol–water partition coefficient (Wildman–Crippen LogP) is 1.70. The van der Waals surface area contributed by atoms with Crippen molar-refractivity contribution in [1.82, 2.24) is 0 Å². The van der Waals surface area contributed by atoms with Gasteiger partial charge in [0.25, 0.3) is 0 Å². The molecule has 1 aromatic carbocycles. The Bertz CT molecular complexity index is 383. The Kier molecular flexibility index (Phi) is 3.55. The van der Waals surface area contributed by atoms with Gasteiger partial charge in [-0.05, 0) is 17.5 Å². The third-order valence-corrected chi connectivity index (χ3v) is 2.38. The summed E-state index contributed by atoms with van der Waals surface area (Å²) in [6.07, 6.45) is 0. The van der Waals surface area contributed by atoms with Crippen LogP contribution in [0.1, 0.15) is 20.8 Å². The number of benzene rings is 1. The zero-order chi connectivity index (χ0) is 12.3. The number of hydrogen-bond acceptors (Lipinski definition) is 3. The SMILES string of the molecule is CC(C)(C)[C@@H](N)C(=O)Nc1ccccc1O. The number of carbonyl (C=O) groups excluding carboxylic acids is 1. The Labute approximate surface area is 95.5 Å². The number of para-hydroxylation sites is 2. The molecule has 0 bridgehead atoms. The van der Waals surface area contributed by atoms with Crippen molar-refractivity contribution in [3.8, 4) is 5.75 Å². The van der Waals surface area contributed by atoms with Crippen molar-refractivity contribution in [3.05, 3.63) is 24.3 Å². The fourth-order valence-corrected chi connectivity index (χ4v) is 1.18. The normalized spacial score (nSPS) is 13.2. The van der Waals surface area contributed by atoms with Crippen LogP contribution in [-0.2, 0) is 4.79 Å². The summed E-state index contributed by atoms with van der Waals surface area (Å²) in [6, 6.07) is 5.94. The van der Waals surface area contributed by atoms with Crippen LogP contribution in [0.3, 0.4) is 0 Å². The fraction of sp³-hybridized carbons (Fsp3) is 0.417. The number of anilines is 1. The summed E-state index contributed by atoms with van der Waals surface area (Å²) in [7, 11) is 0. The molecule has 1 rings (SSSR count). The first-order chi connectivity index (χ1) is 7.32. The molecule has 1 aromatic rings. The van der Waals surface area contributed by atoms with Crippen LogP contribution in [0.5, 0.6) is 5.75 Å². The van der Waals surface area contributed by atoms with Crippen LogP contribution in [0.4, 0.5) is 5.69 Å². The zero-order valence-corrected chi connectivity index (χ0v) is 9.82. The minimum Gasteiger partial charge on any atom is -0.506 e. The van der Waals surface area contributed by atoms with Crippen molar-refractivity contribution in [2.45, 2.75) is 26.8 Å². The largest absolute Gasteiger partial charge is 0.506 e. The molecular weight excluding hydrogens is 204 g/mol. The van der Waals surface area contributed by atoms with Gasteiger partial charge in [0, 0.05) is 0 Å². The molecule has 0 aliphatic heterocycles. The van der Waals surface area contributed by atoms with E-state index in [0.29, 0.717) is 5.69 Å². The lowest BCUT2D eigenvalue weighted by Crippen LogP contribution is -2.45. The van der Waals surface area contributed by atoms with Gasteiger partial charge in [-0.1, -0.05) is 32.9 Å². The van der Waals surface area contributed by atoms with Crippen LogP contribution in [0.2, 0.25) is 0 Å². The molecule has 4 N–H and O–H groups in total. The second-order valence-corrected chi connectivity index (χ2v) is 4.85.